The molecule has 0 amide bonds. The van der Waals surface area contributed by atoms with Crippen molar-refractivity contribution in [2.45, 2.75) is 65.3 Å². The van der Waals surface area contributed by atoms with E-state index in [0.717, 1.165) is 29.7 Å². The molecular formula is C21H29N5O2. The molecule has 0 saturated carbocycles. The van der Waals surface area contributed by atoms with Crippen molar-refractivity contribution in [1.82, 2.24) is 20.2 Å². The largest absolute Gasteiger partial charge is 0.462 e. The lowest BCUT2D eigenvalue weighted by Crippen LogP contribution is -2.29. The highest BCUT2D eigenvalue weighted by atomic mass is 16.5. The van der Waals surface area contributed by atoms with E-state index in [0.29, 0.717) is 18.1 Å². The fourth-order valence-corrected chi connectivity index (χ4v) is 3.46. The topological polar surface area (TPSA) is 81.9 Å². The van der Waals surface area contributed by atoms with Crippen LogP contribution in [0.15, 0.2) is 35.5 Å². The number of unbranched alkanes of at least 4 members (excludes halogenated alkanes) is 5. The van der Waals surface area contributed by atoms with Gasteiger partial charge in [-0.1, -0.05) is 74.0 Å². The minimum atomic E-state index is -0.399. The molecule has 2 heterocycles. The Morgan fingerprint density at radius 2 is 1.82 bits per heavy atom. The smallest absolute Gasteiger partial charge is 0.338 e. The molecule has 1 aliphatic heterocycles. The van der Waals surface area contributed by atoms with E-state index < -0.39 is 6.04 Å². The highest BCUT2D eigenvalue weighted by Crippen LogP contribution is 2.34. The minimum absolute atomic E-state index is 0.315. The Morgan fingerprint density at radius 3 is 2.57 bits per heavy atom. The molecule has 7 heteroatoms. The van der Waals surface area contributed by atoms with E-state index in [-0.39, 0.29) is 5.97 Å². The summed E-state index contributed by atoms with van der Waals surface area (Å²) in [6, 6.07) is 7.66. The summed E-state index contributed by atoms with van der Waals surface area (Å²) in [5.41, 5.74) is 3.38. The number of rotatable bonds is 9. The zero-order chi connectivity index (χ0) is 19.9. The van der Waals surface area contributed by atoms with Crippen LogP contribution >= 0.6 is 0 Å². The van der Waals surface area contributed by atoms with Crippen molar-refractivity contribution in [3.8, 4) is 0 Å². The van der Waals surface area contributed by atoms with Gasteiger partial charge in [0.2, 0.25) is 5.95 Å². The van der Waals surface area contributed by atoms with E-state index in [9.17, 15) is 4.79 Å². The molecule has 2 aromatic rings. The lowest BCUT2D eigenvalue weighted by molar-refractivity contribution is -0.139. The minimum Gasteiger partial charge on any atom is -0.462 e. The first-order chi connectivity index (χ1) is 13.6. The Morgan fingerprint density at radius 1 is 1.11 bits per heavy atom. The number of esters is 1. The first-order valence-corrected chi connectivity index (χ1v) is 10.1. The third-order valence-electron chi connectivity index (χ3n) is 5.06. The lowest BCUT2D eigenvalue weighted by atomic mass is 9.95. The Kier molecular flexibility index (Phi) is 6.79. The maximum absolute atomic E-state index is 12.9. The van der Waals surface area contributed by atoms with Gasteiger partial charge >= 0.3 is 5.97 Å². The molecule has 0 radical (unpaired) electrons. The quantitative estimate of drug-likeness (QED) is 0.517. The van der Waals surface area contributed by atoms with Crippen molar-refractivity contribution in [3.05, 3.63) is 46.7 Å². The Bertz CT molecular complexity index is 826. The van der Waals surface area contributed by atoms with Gasteiger partial charge in [-0.3, -0.25) is 0 Å². The average molecular weight is 383 g/mol. The number of ether oxygens (including phenoxy) is 1. The van der Waals surface area contributed by atoms with Gasteiger partial charge in [0.25, 0.3) is 0 Å². The molecule has 28 heavy (non-hydrogen) atoms. The van der Waals surface area contributed by atoms with Crippen LogP contribution in [0.2, 0.25) is 0 Å². The van der Waals surface area contributed by atoms with Crippen molar-refractivity contribution >= 4 is 11.9 Å². The van der Waals surface area contributed by atoms with Crippen LogP contribution in [0.5, 0.6) is 0 Å². The summed E-state index contributed by atoms with van der Waals surface area (Å²) in [7, 11) is 0. The Balaban J connectivity index is 1.72. The highest BCUT2D eigenvalue weighted by Gasteiger charge is 2.34. The Hall–Kier alpha value is -2.70. The van der Waals surface area contributed by atoms with E-state index in [1.807, 2.05) is 38.1 Å². The molecule has 7 nitrogen and oxygen atoms in total. The summed E-state index contributed by atoms with van der Waals surface area (Å²) in [6.07, 6.45) is 6.91. The van der Waals surface area contributed by atoms with Gasteiger partial charge in [0, 0.05) is 5.70 Å². The van der Waals surface area contributed by atoms with Crippen LogP contribution in [0.4, 0.5) is 5.95 Å². The maximum atomic E-state index is 12.9. The van der Waals surface area contributed by atoms with E-state index in [4.69, 9.17) is 4.74 Å². The van der Waals surface area contributed by atoms with Crippen molar-refractivity contribution in [2.24, 2.45) is 0 Å². The number of anilines is 1. The molecule has 0 spiro atoms. The van der Waals surface area contributed by atoms with Crippen LogP contribution in [0.25, 0.3) is 0 Å². The monoisotopic (exact) mass is 383 g/mol. The zero-order valence-corrected chi connectivity index (χ0v) is 16.9. The van der Waals surface area contributed by atoms with E-state index in [1.165, 1.54) is 25.7 Å². The van der Waals surface area contributed by atoms with Crippen molar-refractivity contribution < 1.29 is 9.53 Å². The number of benzene rings is 1. The molecule has 1 aromatic carbocycles. The second-order valence-electron chi connectivity index (χ2n) is 7.33. The van der Waals surface area contributed by atoms with Crippen LogP contribution < -0.4 is 5.32 Å². The molecule has 0 fully saturated rings. The van der Waals surface area contributed by atoms with Crippen molar-refractivity contribution in [2.75, 3.05) is 11.9 Å². The Labute approximate surface area is 166 Å². The molecule has 1 aliphatic rings. The van der Waals surface area contributed by atoms with E-state index in [1.54, 1.807) is 4.68 Å². The molecule has 0 bridgehead atoms. The number of nitrogens with zero attached hydrogens (tertiary/aromatic N) is 4. The lowest BCUT2D eigenvalue weighted by Gasteiger charge is -2.27. The molecular weight excluding hydrogens is 354 g/mol. The van der Waals surface area contributed by atoms with E-state index in [2.05, 4.69) is 27.8 Å². The second-order valence-corrected chi connectivity index (χ2v) is 7.33. The second kappa shape index (κ2) is 9.48. The maximum Gasteiger partial charge on any atom is 0.338 e. The molecule has 0 saturated heterocycles. The number of fused-ring (bicyclic) bond motifs is 1. The number of hydrogen-bond acceptors (Lipinski definition) is 6. The summed E-state index contributed by atoms with van der Waals surface area (Å²) in [5, 5.41) is 15.0. The van der Waals surface area contributed by atoms with Crippen LogP contribution in [-0.2, 0) is 9.53 Å². The number of carbonyl (C=O) groups excluding carboxylic acids is 1. The van der Waals surface area contributed by atoms with Gasteiger partial charge < -0.3 is 10.1 Å². The summed E-state index contributed by atoms with van der Waals surface area (Å²) >= 11 is 0. The number of tetrazole rings is 1. The molecule has 0 unspecified atom stereocenters. The normalized spacial score (nSPS) is 15.9. The van der Waals surface area contributed by atoms with Crippen LogP contribution in [-0.4, -0.2) is 32.8 Å². The fraction of sp³-hybridized carbons (Fsp3) is 0.524. The average Bonchev–Trinajstić information content (AvgIpc) is 3.14. The molecule has 0 aliphatic carbocycles. The summed E-state index contributed by atoms with van der Waals surface area (Å²) < 4.78 is 7.24. The standard InChI is InChI=1S/C21H29N5O2/c1-4-5-6-7-8-9-14-28-20(27)18-16(3)22-21-23-24-25-26(21)19(18)17-12-10-15(2)11-13-17/h10-13,19H,4-9,14H2,1-3H3,(H,22,23,25)/t19-/m1/s1. The van der Waals surface area contributed by atoms with Gasteiger partial charge in [-0.05, 0) is 36.3 Å². The molecule has 3 rings (SSSR count). The summed E-state index contributed by atoms with van der Waals surface area (Å²) in [5.74, 6) is 0.209. The van der Waals surface area contributed by atoms with E-state index >= 15 is 0 Å². The van der Waals surface area contributed by atoms with Gasteiger partial charge in [-0.25, -0.2) is 4.79 Å². The number of nitrogens with one attached hydrogen (secondary N) is 1. The van der Waals surface area contributed by atoms with Crippen LogP contribution in [0.3, 0.4) is 0 Å². The van der Waals surface area contributed by atoms with Gasteiger partial charge in [0.05, 0.1) is 12.2 Å². The molecule has 150 valence electrons. The first kappa shape index (κ1) is 20.0. The van der Waals surface area contributed by atoms with Crippen LogP contribution in [0.1, 0.15) is 69.5 Å². The van der Waals surface area contributed by atoms with Crippen molar-refractivity contribution in [3.63, 3.8) is 0 Å². The zero-order valence-electron chi connectivity index (χ0n) is 16.9. The third kappa shape index (κ3) is 4.58. The fourth-order valence-electron chi connectivity index (χ4n) is 3.46. The number of aromatic nitrogens is 4. The third-order valence-corrected chi connectivity index (χ3v) is 5.06. The first-order valence-electron chi connectivity index (χ1n) is 10.1. The van der Waals surface area contributed by atoms with Gasteiger partial charge in [0.15, 0.2) is 0 Å². The molecule has 1 N–H and O–H groups in total. The number of allylic oxidation sites excluding steroid dienone is 1. The summed E-state index contributed by atoms with van der Waals surface area (Å²) in [6.45, 7) is 6.54. The molecule has 1 atom stereocenters. The van der Waals surface area contributed by atoms with Crippen LogP contribution in [0, 0.1) is 6.92 Å². The van der Waals surface area contributed by atoms with Gasteiger partial charge in [-0.15, -0.1) is 0 Å². The number of hydrogen-bond donors (Lipinski definition) is 1. The SMILES string of the molecule is CCCCCCCCOC(=O)C1=C(C)Nc2nnnn2[C@@H]1c1ccc(C)cc1. The van der Waals surface area contributed by atoms with Crippen molar-refractivity contribution in [1.29, 1.82) is 0 Å². The number of carbonyl (C=O) groups is 1. The molecule has 1 aromatic heterocycles. The number of aryl methyl sites for hydroxylation is 1. The highest BCUT2D eigenvalue weighted by molar-refractivity contribution is 5.92. The summed E-state index contributed by atoms with van der Waals surface area (Å²) in [4.78, 5) is 12.9. The van der Waals surface area contributed by atoms with Gasteiger partial charge in [-0.2, -0.15) is 4.68 Å². The predicted octanol–water partition coefficient (Wildman–Crippen LogP) is 4.17. The van der Waals surface area contributed by atoms with Gasteiger partial charge in [0.1, 0.15) is 6.04 Å². The predicted molar refractivity (Wildman–Crippen MR) is 108 cm³/mol.